The fourth-order valence-electron chi connectivity index (χ4n) is 2.98. The maximum Gasteiger partial charge on any atom is 0.246 e. The number of fused-ring (bicyclic) bond motifs is 2. The lowest BCUT2D eigenvalue weighted by molar-refractivity contribution is -0.126. The van der Waals surface area contributed by atoms with Crippen molar-refractivity contribution in [2.24, 2.45) is 0 Å². The Kier molecular flexibility index (Phi) is 5.20. The van der Waals surface area contributed by atoms with Crippen molar-refractivity contribution >= 4 is 45.1 Å². The Balaban J connectivity index is 1.48. The number of amides is 1. The number of likely N-dealkylation sites (N-methyl/N-ethyl adjacent to an activating group) is 1. The highest BCUT2D eigenvalue weighted by Gasteiger charge is 2.19. The zero-order chi connectivity index (χ0) is 19.7. The molecule has 0 fully saturated rings. The minimum atomic E-state index is -0.106. The van der Waals surface area contributed by atoms with E-state index in [1.165, 1.54) is 0 Å². The lowest BCUT2D eigenvalue weighted by Gasteiger charge is -2.22. The predicted octanol–water partition coefficient (Wildman–Crippen LogP) is 5.50. The fraction of sp³-hybridized carbons (Fsp3) is 0.182. The number of hydrogen-bond acceptors (Lipinski definition) is 4. The molecule has 0 bridgehead atoms. The Hall–Kier alpha value is -2.63. The number of thiazole rings is 1. The van der Waals surface area contributed by atoms with Gasteiger partial charge in [-0.15, -0.1) is 11.3 Å². The SMILES string of the molecule is CC(c1nc2ccccc2s1)N(C)C(=O)/C=C/C1=Cc2cc(Cl)ccc2OC1. The van der Waals surface area contributed by atoms with Crippen molar-refractivity contribution in [3.63, 3.8) is 0 Å². The Morgan fingerprint density at radius 3 is 2.96 bits per heavy atom. The van der Waals surface area contributed by atoms with Gasteiger partial charge in [0.05, 0.1) is 16.3 Å². The second-order valence-electron chi connectivity index (χ2n) is 6.67. The van der Waals surface area contributed by atoms with Crippen molar-refractivity contribution in [2.45, 2.75) is 13.0 Å². The summed E-state index contributed by atoms with van der Waals surface area (Å²) in [5.41, 5.74) is 2.80. The first-order valence-electron chi connectivity index (χ1n) is 8.94. The molecule has 0 saturated heterocycles. The smallest absolute Gasteiger partial charge is 0.246 e. The Bertz CT molecular complexity index is 1070. The van der Waals surface area contributed by atoms with Crippen LogP contribution in [0, 0.1) is 0 Å². The third-order valence-corrected chi connectivity index (χ3v) is 6.19. The summed E-state index contributed by atoms with van der Waals surface area (Å²) in [6.45, 7) is 2.42. The quantitative estimate of drug-likeness (QED) is 0.533. The van der Waals surface area contributed by atoms with Gasteiger partial charge in [-0.2, -0.15) is 0 Å². The number of aromatic nitrogens is 1. The predicted molar refractivity (Wildman–Crippen MR) is 115 cm³/mol. The van der Waals surface area contributed by atoms with Crippen molar-refractivity contribution in [3.05, 3.63) is 75.8 Å². The number of para-hydroxylation sites is 1. The van der Waals surface area contributed by atoms with Crippen LogP contribution >= 0.6 is 22.9 Å². The third kappa shape index (κ3) is 3.81. The second kappa shape index (κ2) is 7.78. The second-order valence-corrected chi connectivity index (χ2v) is 8.17. The molecule has 3 aromatic rings. The average Bonchev–Trinajstić information content (AvgIpc) is 3.14. The van der Waals surface area contributed by atoms with Crippen LogP contribution in [0.4, 0.5) is 0 Å². The average molecular weight is 411 g/mol. The minimum Gasteiger partial charge on any atom is -0.488 e. The van der Waals surface area contributed by atoms with Gasteiger partial charge >= 0.3 is 0 Å². The molecule has 0 saturated carbocycles. The molecular formula is C22H19ClN2O2S. The largest absolute Gasteiger partial charge is 0.488 e. The van der Waals surface area contributed by atoms with Crippen LogP contribution in [-0.2, 0) is 4.79 Å². The minimum absolute atomic E-state index is 0.0791. The van der Waals surface area contributed by atoms with Gasteiger partial charge in [0.2, 0.25) is 5.91 Å². The molecule has 1 aliphatic heterocycles. The summed E-state index contributed by atoms with van der Waals surface area (Å²) in [7, 11) is 1.80. The van der Waals surface area contributed by atoms with Gasteiger partial charge in [-0.25, -0.2) is 4.98 Å². The van der Waals surface area contributed by atoms with Gasteiger partial charge in [0.25, 0.3) is 0 Å². The monoisotopic (exact) mass is 410 g/mol. The summed E-state index contributed by atoms with van der Waals surface area (Å²) in [4.78, 5) is 19.0. The molecule has 4 rings (SSSR count). The Labute approximate surface area is 172 Å². The number of rotatable bonds is 4. The normalized spacial score (nSPS) is 14.5. The van der Waals surface area contributed by atoms with Gasteiger partial charge in [0.15, 0.2) is 0 Å². The van der Waals surface area contributed by atoms with Crippen molar-refractivity contribution in [1.29, 1.82) is 0 Å². The zero-order valence-corrected chi connectivity index (χ0v) is 17.1. The first-order valence-corrected chi connectivity index (χ1v) is 10.1. The molecule has 1 aliphatic rings. The van der Waals surface area contributed by atoms with Gasteiger partial charge in [0.1, 0.15) is 17.4 Å². The summed E-state index contributed by atoms with van der Waals surface area (Å²) >= 11 is 7.67. The lowest BCUT2D eigenvalue weighted by Crippen LogP contribution is -2.28. The Morgan fingerprint density at radius 2 is 2.14 bits per heavy atom. The molecule has 1 aromatic heterocycles. The third-order valence-electron chi connectivity index (χ3n) is 4.74. The molecule has 28 heavy (non-hydrogen) atoms. The van der Waals surface area contributed by atoms with Gasteiger partial charge < -0.3 is 9.64 Å². The highest BCUT2D eigenvalue weighted by Crippen LogP contribution is 2.30. The summed E-state index contributed by atoms with van der Waals surface area (Å²) in [5, 5.41) is 1.58. The van der Waals surface area contributed by atoms with Gasteiger partial charge in [0, 0.05) is 23.7 Å². The van der Waals surface area contributed by atoms with Crippen LogP contribution in [0.5, 0.6) is 5.75 Å². The lowest BCUT2D eigenvalue weighted by atomic mass is 10.1. The van der Waals surface area contributed by atoms with Crippen LogP contribution in [0.3, 0.4) is 0 Å². The van der Waals surface area contributed by atoms with Crippen LogP contribution in [0.25, 0.3) is 16.3 Å². The summed E-state index contributed by atoms with van der Waals surface area (Å²) < 4.78 is 6.85. The first-order chi connectivity index (χ1) is 13.5. The van der Waals surface area contributed by atoms with E-state index >= 15 is 0 Å². The van der Waals surface area contributed by atoms with E-state index in [-0.39, 0.29) is 11.9 Å². The molecule has 142 valence electrons. The maximum atomic E-state index is 12.6. The number of carbonyl (C=O) groups excluding carboxylic acids is 1. The summed E-state index contributed by atoms with van der Waals surface area (Å²) in [5.74, 6) is 0.721. The van der Waals surface area contributed by atoms with Crippen LogP contribution in [0.1, 0.15) is 23.5 Å². The van der Waals surface area contributed by atoms with Crippen molar-refractivity contribution in [2.75, 3.05) is 13.7 Å². The number of halogens is 1. The molecule has 1 amide bonds. The molecule has 2 heterocycles. The fourth-order valence-corrected chi connectivity index (χ4v) is 4.23. The maximum absolute atomic E-state index is 12.6. The van der Waals surface area contributed by atoms with E-state index in [1.807, 2.05) is 49.4 Å². The number of carbonyl (C=O) groups is 1. The standard InChI is InChI=1S/C22H19ClN2O2S/c1-14(22-24-18-5-3-4-6-20(18)28-22)25(2)21(26)10-7-15-11-16-12-17(23)8-9-19(16)27-13-15/h3-12,14H,13H2,1-2H3/b10-7+. The van der Waals surface area contributed by atoms with Crippen LogP contribution in [0.15, 0.2) is 60.2 Å². The molecule has 0 radical (unpaired) electrons. The highest BCUT2D eigenvalue weighted by atomic mass is 35.5. The van der Waals surface area contributed by atoms with Crippen LogP contribution in [0.2, 0.25) is 5.02 Å². The molecule has 0 N–H and O–H groups in total. The zero-order valence-electron chi connectivity index (χ0n) is 15.6. The molecule has 0 spiro atoms. The van der Waals surface area contributed by atoms with Crippen LogP contribution in [-0.4, -0.2) is 29.4 Å². The van der Waals surface area contributed by atoms with Crippen LogP contribution < -0.4 is 4.74 Å². The van der Waals surface area contributed by atoms with Crippen molar-refractivity contribution in [3.8, 4) is 5.75 Å². The van der Waals surface area contributed by atoms with Crippen molar-refractivity contribution in [1.82, 2.24) is 9.88 Å². The number of nitrogens with zero attached hydrogens (tertiary/aromatic N) is 2. The first kappa shape index (κ1) is 18.7. The van der Waals surface area contributed by atoms with Gasteiger partial charge in [-0.3, -0.25) is 4.79 Å². The van der Waals surface area contributed by atoms with Gasteiger partial charge in [-0.05, 0) is 48.9 Å². The number of hydrogen-bond donors (Lipinski definition) is 0. The molecule has 1 unspecified atom stereocenters. The van der Waals surface area contributed by atoms with E-state index in [4.69, 9.17) is 16.3 Å². The van der Waals surface area contributed by atoms with Gasteiger partial charge in [-0.1, -0.05) is 29.8 Å². The Morgan fingerprint density at radius 1 is 1.32 bits per heavy atom. The van der Waals surface area contributed by atoms with E-state index in [9.17, 15) is 4.79 Å². The topological polar surface area (TPSA) is 42.4 Å². The highest BCUT2D eigenvalue weighted by molar-refractivity contribution is 7.18. The van der Waals surface area contributed by atoms with Crippen molar-refractivity contribution < 1.29 is 9.53 Å². The molecule has 6 heteroatoms. The molecule has 0 aliphatic carbocycles. The molecular weight excluding hydrogens is 392 g/mol. The van der Waals surface area contributed by atoms with E-state index in [0.29, 0.717) is 11.6 Å². The van der Waals surface area contributed by atoms with E-state index in [2.05, 4.69) is 4.98 Å². The molecule has 1 atom stereocenters. The van der Waals surface area contributed by atoms with E-state index < -0.39 is 0 Å². The van der Waals surface area contributed by atoms with E-state index in [1.54, 1.807) is 41.5 Å². The number of benzene rings is 2. The molecule has 2 aromatic carbocycles. The molecule has 4 nitrogen and oxygen atoms in total. The number of ether oxygens (including phenoxy) is 1. The summed E-state index contributed by atoms with van der Waals surface area (Å²) in [6.07, 6.45) is 5.37. The summed E-state index contributed by atoms with van der Waals surface area (Å²) in [6, 6.07) is 13.4. The van der Waals surface area contributed by atoms with E-state index in [0.717, 1.165) is 32.1 Å².